The van der Waals surface area contributed by atoms with Gasteiger partial charge in [-0.25, -0.2) is 4.79 Å². The van der Waals surface area contributed by atoms with Gasteiger partial charge < -0.3 is 20.5 Å². The van der Waals surface area contributed by atoms with Crippen LogP contribution in [0.4, 0.5) is 5.69 Å². The topological polar surface area (TPSA) is 92.9 Å². The lowest BCUT2D eigenvalue weighted by Gasteiger charge is -2.18. The number of carboxylic acid groups (broad SMARTS) is 1. The first-order valence-electron chi connectivity index (χ1n) is 5.98. The predicted molar refractivity (Wildman–Crippen MR) is 69.5 cm³/mol. The molecule has 6 heteroatoms. The van der Waals surface area contributed by atoms with Crippen molar-refractivity contribution in [1.29, 1.82) is 0 Å². The van der Waals surface area contributed by atoms with E-state index in [0.29, 0.717) is 25.2 Å². The summed E-state index contributed by atoms with van der Waals surface area (Å²) in [6.07, 6.45) is 0.408. The first-order valence-corrected chi connectivity index (χ1v) is 5.98. The number of hydrogen-bond donors (Lipinski definition) is 2. The van der Waals surface area contributed by atoms with Gasteiger partial charge in [-0.3, -0.25) is 4.79 Å². The van der Waals surface area contributed by atoms with Crippen LogP contribution in [0.1, 0.15) is 16.8 Å². The number of methoxy groups -OCH3 is 1. The van der Waals surface area contributed by atoms with Crippen molar-refractivity contribution in [2.75, 3.05) is 25.1 Å². The van der Waals surface area contributed by atoms with Crippen molar-refractivity contribution in [2.45, 2.75) is 6.42 Å². The summed E-state index contributed by atoms with van der Waals surface area (Å²) in [5.74, 6) is -0.709. The molecule has 3 N–H and O–H groups in total. The quantitative estimate of drug-likeness (QED) is 0.835. The molecule has 1 heterocycles. The van der Waals surface area contributed by atoms with Crippen LogP contribution in [-0.2, 0) is 4.79 Å². The number of hydrogen-bond acceptors (Lipinski definition) is 4. The summed E-state index contributed by atoms with van der Waals surface area (Å²) in [7, 11) is 1.41. The van der Waals surface area contributed by atoms with Gasteiger partial charge in [-0.05, 0) is 30.7 Å². The Hall–Kier alpha value is -2.08. The van der Waals surface area contributed by atoms with E-state index in [0.717, 1.165) is 0 Å². The average molecular weight is 264 g/mol. The SMILES string of the molecule is COc1ccc(N2CC(CN)CC2=O)cc1C(=O)O. The molecular weight excluding hydrogens is 248 g/mol. The van der Waals surface area contributed by atoms with Crippen molar-refractivity contribution in [3.05, 3.63) is 23.8 Å². The van der Waals surface area contributed by atoms with Crippen molar-refractivity contribution >= 4 is 17.6 Å². The van der Waals surface area contributed by atoms with Crippen LogP contribution in [0.2, 0.25) is 0 Å². The van der Waals surface area contributed by atoms with Crippen molar-refractivity contribution in [1.82, 2.24) is 0 Å². The number of rotatable bonds is 4. The molecule has 1 saturated heterocycles. The van der Waals surface area contributed by atoms with E-state index in [1.54, 1.807) is 17.0 Å². The molecule has 6 nitrogen and oxygen atoms in total. The molecule has 1 aromatic carbocycles. The Morgan fingerprint density at radius 1 is 1.58 bits per heavy atom. The van der Waals surface area contributed by atoms with Crippen molar-refractivity contribution in [2.24, 2.45) is 11.7 Å². The van der Waals surface area contributed by atoms with Crippen molar-refractivity contribution in [3.63, 3.8) is 0 Å². The second-order valence-electron chi connectivity index (χ2n) is 4.50. The molecule has 0 aromatic heterocycles. The third-order valence-electron chi connectivity index (χ3n) is 3.26. The molecule has 0 aliphatic carbocycles. The normalized spacial score (nSPS) is 18.7. The molecule has 0 bridgehead atoms. The molecule has 102 valence electrons. The first kappa shape index (κ1) is 13.4. The van der Waals surface area contributed by atoms with E-state index < -0.39 is 5.97 Å². The molecule has 1 atom stereocenters. The molecular formula is C13H16N2O4. The molecule has 0 saturated carbocycles. The number of aromatic carboxylic acids is 1. The lowest BCUT2D eigenvalue weighted by molar-refractivity contribution is -0.117. The lowest BCUT2D eigenvalue weighted by atomic mass is 10.1. The second-order valence-corrected chi connectivity index (χ2v) is 4.50. The Kier molecular flexibility index (Phi) is 3.71. The average Bonchev–Trinajstić information content (AvgIpc) is 2.79. The van der Waals surface area contributed by atoms with Crippen molar-refractivity contribution in [3.8, 4) is 5.75 Å². The summed E-state index contributed by atoms with van der Waals surface area (Å²) >= 11 is 0. The number of carboxylic acids is 1. The maximum Gasteiger partial charge on any atom is 0.339 e. The zero-order chi connectivity index (χ0) is 14.0. The highest BCUT2D eigenvalue weighted by Crippen LogP contribution is 2.29. The van der Waals surface area contributed by atoms with Crippen LogP contribution in [0.15, 0.2) is 18.2 Å². The number of ether oxygens (including phenoxy) is 1. The van der Waals surface area contributed by atoms with Gasteiger partial charge in [0.25, 0.3) is 0 Å². The first-order chi connectivity index (χ1) is 9.06. The Morgan fingerprint density at radius 3 is 2.84 bits per heavy atom. The molecule has 1 amide bonds. The Labute approximate surface area is 110 Å². The van der Waals surface area contributed by atoms with Crippen molar-refractivity contribution < 1.29 is 19.4 Å². The Balaban J connectivity index is 2.33. The van der Waals surface area contributed by atoms with E-state index in [1.807, 2.05) is 0 Å². The Morgan fingerprint density at radius 2 is 2.32 bits per heavy atom. The number of anilines is 1. The smallest absolute Gasteiger partial charge is 0.339 e. The van der Waals surface area contributed by atoms with Crippen LogP contribution in [-0.4, -0.2) is 37.2 Å². The van der Waals surface area contributed by atoms with Crippen LogP contribution in [0, 0.1) is 5.92 Å². The maximum absolute atomic E-state index is 11.9. The summed E-state index contributed by atoms with van der Waals surface area (Å²) < 4.78 is 4.99. The second kappa shape index (κ2) is 5.27. The third kappa shape index (κ3) is 2.53. The lowest BCUT2D eigenvalue weighted by Crippen LogP contribution is -2.26. The summed E-state index contributed by atoms with van der Waals surface area (Å²) in [4.78, 5) is 24.6. The predicted octanol–water partition coefficient (Wildman–Crippen LogP) is 0.705. The summed E-state index contributed by atoms with van der Waals surface area (Å²) in [6, 6.07) is 4.70. The number of carbonyl (C=O) groups is 2. The van der Waals surface area contributed by atoms with Crippen LogP contribution in [0.25, 0.3) is 0 Å². The minimum absolute atomic E-state index is 0.0306. The highest BCUT2D eigenvalue weighted by molar-refractivity contribution is 5.98. The van der Waals surface area contributed by atoms with Crippen LogP contribution in [0.3, 0.4) is 0 Å². The third-order valence-corrected chi connectivity index (χ3v) is 3.26. The fourth-order valence-electron chi connectivity index (χ4n) is 2.22. The monoisotopic (exact) mass is 264 g/mol. The van der Waals surface area contributed by atoms with Gasteiger partial charge in [0.05, 0.1) is 7.11 Å². The molecule has 0 radical (unpaired) electrons. The molecule has 19 heavy (non-hydrogen) atoms. The van der Waals surface area contributed by atoms with E-state index in [2.05, 4.69) is 0 Å². The fraction of sp³-hybridized carbons (Fsp3) is 0.385. The van der Waals surface area contributed by atoms with E-state index in [-0.39, 0.29) is 23.1 Å². The highest BCUT2D eigenvalue weighted by Gasteiger charge is 2.30. The number of benzene rings is 1. The van der Waals surface area contributed by atoms with Crippen LogP contribution >= 0.6 is 0 Å². The number of nitrogens with zero attached hydrogens (tertiary/aromatic N) is 1. The van der Waals surface area contributed by atoms with Gasteiger partial charge in [0.15, 0.2) is 0 Å². The molecule has 1 aromatic rings. The van der Waals surface area contributed by atoms with E-state index in [4.69, 9.17) is 15.6 Å². The minimum Gasteiger partial charge on any atom is -0.496 e. The number of nitrogens with two attached hydrogens (primary N) is 1. The molecule has 1 fully saturated rings. The van der Waals surface area contributed by atoms with Gasteiger partial charge in [-0.2, -0.15) is 0 Å². The standard InChI is InChI=1S/C13H16N2O4/c1-19-11-3-2-9(5-10(11)13(17)18)15-7-8(6-14)4-12(15)16/h2-3,5,8H,4,6-7,14H2,1H3,(H,17,18). The highest BCUT2D eigenvalue weighted by atomic mass is 16.5. The van der Waals surface area contributed by atoms with Gasteiger partial charge in [0.2, 0.25) is 5.91 Å². The molecule has 0 spiro atoms. The summed E-state index contributed by atoms with van der Waals surface area (Å²) in [6.45, 7) is 0.977. The van der Waals surface area contributed by atoms with Gasteiger partial charge in [-0.1, -0.05) is 0 Å². The number of carbonyl (C=O) groups excluding carboxylic acids is 1. The zero-order valence-electron chi connectivity index (χ0n) is 10.6. The fourth-order valence-corrected chi connectivity index (χ4v) is 2.22. The van der Waals surface area contributed by atoms with Crippen LogP contribution < -0.4 is 15.4 Å². The largest absolute Gasteiger partial charge is 0.496 e. The van der Waals surface area contributed by atoms with Gasteiger partial charge >= 0.3 is 5.97 Å². The summed E-state index contributed by atoms with van der Waals surface area (Å²) in [5.41, 5.74) is 6.18. The van der Waals surface area contributed by atoms with Crippen LogP contribution in [0.5, 0.6) is 5.75 Å². The Bertz CT molecular complexity index is 515. The summed E-state index contributed by atoms with van der Waals surface area (Å²) in [5, 5.41) is 9.12. The maximum atomic E-state index is 11.9. The minimum atomic E-state index is -1.08. The zero-order valence-corrected chi connectivity index (χ0v) is 10.6. The number of amides is 1. The molecule has 1 aliphatic heterocycles. The van der Waals surface area contributed by atoms with Gasteiger partial charge in [-0.15, -0.1) is 0 Å². The molecule has 1 aliphatic rings. The molecule has 2 rings (SSSR count). The van der Waals surface area contributed by atoms with E-state index in [1.165, 1.54) is 13.2 Å². The van der Waals surface area contributed by atoms with E-state index in [9.17, 15) is 9.59 Å². The van der Waals surface area contributed by atoms with E-state index >= 15 is 0 Å². The van der Waals surface area contributed by atoms with Gasteiger partial charge in [0, 0.05) is 18.7 Å². The van der Waals surface area contributed by atoms with Gasteiger partial charge in [0.1, 0.15) is 11.3 Å². The molecule has 1 unspecified atom stereocenters.